The van der Waals surface area contributed by atoms with Crippen LogP contribution in [0.1, 0.15) is 19.3 Å². The zero-order valence-corrected chi connectivity index (χ0v) is 8.69. The van der Waals surface area contributed by atoms with Crippen LogP contribution in [0.3, 0.4) is 0 Å². The van der Waals surface area contributed by atoms with Crippen LogP contribution in [0, 0.1) is 5.92 Å². The lowest BCUT2D eigenvalue weighted by Gasteiger charge is -2.27. The van der Waals surface area contributed by atoms with Crippen LogP contribution in [0.15, 0.2) is 11.6 Å². The van der Waals surface area contributed by atoms with Gasteiger partial charge < -0.3 is 14.9 Å². The Hall–Kier alpha value is -0.190. The van der Waals surface area contributed by atoms with Crippen LogP contribution < -0.4 is 0 Å². The van der Waals surface area contributed by atoms with Crippen molar-refractivity contribution in [2.75, 3.05) is 13.2 Å². The second kappa shape index (κ2) is 5.05. The summed E-state index contributed by atoms with van der Waals surface area (Å²) in [7, 11) is -4.38. The average molecular weight is 222 g/mol. The molecule has 1 rings (SSSR count). The van der Waals surface area contributed by atoms with E-state index in [1.807, 2.05) is 0 Å². The van der Waals surface area contributed by atoms with Gasteiger partial charge in [0.15, 0.2) is 0 Å². The van der Waals surface area contributed by atoms with Crippen molar-refractivity contribution in [2.45, 2.75) is 19.3 Å². The molecule has 0 bridgehead atoms. The van der Waals surface area contributed by atoms with Crippen LogP contribution in [0.5, 0.6) is 0 Å². The molecule has 1 aliphatic rings. The summed E-state index contributed by atoms with van der Waals surface area (Å²) >= 11 is 0. The fraction of sp³-hybridized carbons (Fsp3) is 0.750. The summed E-state index contributed by atoms with van der Waals surface area (Å²) in [6.45, 7) is -0.203. The molecule has 0 spiro atoms. The maximum absolute atomic E-state index is 10.3. The molecule has 1 saturated carbocycles. The Morgan fingerprint density at radius 1 is 1.50 bits per heavy atom. The lowest BCUT2D eigenvalue weighted by atomic mass is 9.80. The average Bonchev–Trinajstić information content (AvgIpc) is 1.96. The third kappa shape index (κ3) is 3.90. The second-order valence-electron chi connectivity index (χ2n) is 3.35. The molecule has 0 saturated heterocycles. The molecule has 6 heteroatoms. The van der Waals surface area contributed by atoms with Gasteiger partial charge in [0.1, 0.15) is 0 Å². The van der Waals surface area contributed by atoms with E-state index in [1.54, 1.807) is 6.08 Å². The summed E-state index contributed by atoms with van der Waals surface area (Å²) in [6, 6.07) is 0. The van der Waals surface area contributed by atoms with E-state index in [9.17, 15) is 4.57 Å². The third-order valence-electron chi connectivity index (χ3n) is 2.40. The van der Waals surface area contributed by atoms with E-state index in [2.05, 4.69) is 4.52 Å². The first-order valence-electron chi connectivity index (χ1n) is 4.53. The van der Waals surface area contributed by atoms with Crippen LogP contribution in [-0.2, 0) is 9.09 Å². The van der Waals surface area contributed by atoms with Crippen molar-refractivity contribution in [2.24, 2.45) is 5.92 Å². The molecular weight excluding hydrogens is 207 g/mol. The Morgan fingerprint density at radius 3 is 2.50 bits per heavy atom. The summed E-state index contributed by atoms with van der Waals surface area (Å²) in [6.07, 6.45) is 4.80. The predicted molar refractivity (Wildman–Crippen MR) is 50.5 cm³/mol. The van der Waals surface area contributed by atoms with Crippen LogP contribution in [0.25, 0.3) is 0 Å². The molecule has 3 N–H and O–H groups in total. The van der Waals surface area contributed by atoms with E-state index in [4.69, 9.17) is 14.9 Å². The van der Waals surface area contributed by atoms with Gasteiger partial charge in [-0.25, -0.2) is 4.57 Å². The highest BCUT2D eigenvalue weighted by atomic mass is 31.2. The molecule has 82 valence electrons. The molecule has 0 aromatic rings. The van der Waals surface area contributed by atoms with Gasteiger partial charge in [-0.2, -0.15) is 0 Å². The molecule has 0 radical (unpaired) electrons. The topological polar surface area (TPSA) is 87.0 Å². The van der Waals surface area contributed by atoms with Gasteiger partial charge in [-0.3, -0.25) is 4.52 Å². The SMILES string of the molecule is O=P(O)(O)OC/C=C(/CO)C1CCC1. The summed E-state index contributed by atoms with van der Waals surface area (Å²) < 4.78 is 14.6. The molecular formula is C8H15O5P. The predicted octanol–water partition coefficient (Wildman–Crippen LogP) is 0.815. The van der Waals surface area contributed by atoms with Crippen molar-refractivity contribution in [3.63, 3.8) is 0 Å². The Morgan fingerprint density at radius 2 is 2.14 bits per heavy atom. The molecule has 0 aromatic heterocycles. The van der Waals surface area contributed by atoms with Gasteiger partial charge in [-0.15, -0.1) is 0 Å². The van der Waals surface area contributed by atoms with E-state index in [1.165, 1.54) is 0 Å². The Balaban J connectivity index is 2.36. The first-order valence-corrected chi connectivity index (χ1v) is 6.06. The van der Waals surface area contributed by atoms with E-state index < -0.39 is 7.82 Å². The van der Waals surface area contributed by atoms with Crippen molar-refractivity contribution in [1.82, 2.24) is 0 Å². The molecule has 0 unspecified atom stereocenters. The molecule has 5 nitrogen and oxygen atoms in total. The first kappa shape index (κ1) is 11.9. The maximum Gasteiger partial charge on any atom is 0.469 e. The Labute approximate surface area is 82.6 Å². The summed E-state index contributed by atoms with van der Waals surface area (Å²) in [5, 5.41) is 8.97. The van der Waals surface area contributed by atoms with Crippen molar-refractivity contribution in [3.05, 3.63) is 11.6 Å². The zero-order chi connectivity index (χ0) is 10.6. The lowest BCUT2D eigenvalue weighted by Crippen LogP contribution is -2.16. The van der Waals surface area contributed by atoms with Gasteiger partial charge in [0.2, 0.25) is 0 Å². The Kier molecular flexibility index (Phi) is 4.29. The Bertz CT molecular complexity index is 252. The van der Waals surface area contributed by atoms with E-state index in [0.717, 1.165) is 24.8 Å². The highest BCUT2D eigenvalue weighted by Gasteiger charge is 2.21. The first-order chi connectivity index (χ1) is 6.53. The van der Waals surface area contributed by atoms with Crippen LogP contribution in [0.4, 0.5) is 0 Å². The summed E-state index contributed by atoms with van der Waals surface area (Å²) in [4.78, 5) is 16.8. The molecule has 0 heterocycles. The molecule has 1 aliphatic carbocycles. The maximum atomic E-state index is 10.3. The number of hydrogen-bond acceptors (Lipinski definition) is 3. The number of phosphoric ester groups is 1. The van der Waals surface area contributed by atoms with Crippen LogP contribution in [-0.4, -0.2) is 28.1 Å². The number of hydrogen-bond donors (Lipinski definition) is 3. The minimum atomic E-state index is -4.38. The highest BCUT2D eigenvalue weighted by molar-refractivity contribution is 7.46. The highest BCUT2D eigenvalue weighted by Crippen LogP contribution is 2.36. The monoisotopic (exact) mass is 222 g/mol. The normalized spacial score (nSPS) is 19.5. The number of aliphatic hydroxyl groups is 1. The minimum absolute atomic E-state index is 0.0603. The quantitative estimate of drug-likeness (QED) is 0.473. The molecule has 0 amide bonds. The fourth-order valence-electron chi connectivity index (χ4n) is 1.38. The van der Waals surface area contributed by atoms with Gasteiger partial charge in [0, 0.05) is 0 Å². The van der Waals surface area contributed by atoms with Crippen molar-refractivity contribution < 1.29 is 24.0 Å². The van der Waals surface area contributed by atoms with Gasteiger partial charge in [-0.05, 0) is 24.3 Å². The van der Waals surface area contributed by atoms with E-state index in [0.29, 0.717) is 5.92 Å². The van der Waals surface area contributed by atoms with Crippen LogP contribution >= 0.6 is 7.82 Å². The summed E-state index contributed by atoms with van der Waals surface area (Å²) in [5.74, 6) is 0.375. The van der Waals surface area contributed by atoms with Crippen molar-refractivity contribution in [1.29, 1.82) is 0 Å². The molecule has 0 aliphatic heterocycles. The number of aliphatic hydroxyl groups excluding tert-OH is 1. The number of phosphoric acid groups is 1. The van der Waals surface area contributed by atoms with Crippen molar-refractivity contribution in [3.8, 4) is 0 Å². The van der Waals surface area contributed by atoms with Gasteiger partial charge >= 0.3 is 7.82 Å². The van der Waals surface area contributed by atoms with Crippen molar-refractivity contribution >= 4 is 7.82 Å². The standard InChI is InChI=1S/C8H15O5P/c9-6-8(7-2-1-3-7)4-5-13-14(10,11)12/h4,7,9H,1-3,5-6H2,(H2,10,11,12)/b8-4-. The minimum Gasteiger partial charge on any atom is -0.392 e. The van der Waals surface area contributed by atoms with E-state index in [-0.39, 0.29) is 13.2 Å². The lowest BCUT2D eigenvalue weighted by molar-refractivity contribution is 0.212. The van der Waals surface area contributed by atoms with Crippen LogP contribution in [0.2, 0.25) is 0 Å². The molecule has 0 atom stereocenters. The number of rotatable bonds is 5. The van der Waals surface area contributed by atoms with E-state index >= 15 is 0 Å². The molecule has 14 heavy (non-hydrogen) atoms. The van der Waals surface area contributed by atoms with Gasteiger partial charge in [-0.1, -0.05) is 12.5 Å². The third-order valence-corrected chi connectivity index (χ3v) is 2.89. The zero-order valence-electron chi connectivity index (χ0n) is 7.80. The summed E-state index contributed by atoms with van der Waals surface area (Å²) in [5.41, 5.74) is 0.824. The molecule has 1 fully saturated rings. The van der Waals surface area contributed by atoms with Gasteiger partial charge in [0.25, 0.3) is 0 Å². The molecule has 0 aromatic carbocycles. The fourth-order valence-corrected chi connectivity index (χ4v) is 1.65. The second-order valence-corrected chi connectivity index (χ2v) is 4.59. The largest absolute Gasteiger partial charge is 0.469 e. The smallest absolute Gasteiger partial charge is 0.392 e. The van der Waals surface area contributed by atoms with Gasteiger partial charge in [0.05, 0.1) is 13.2 Å².